The van der Waals surface area contributed by atoms with E-state index >= 15 is 0 Å². The van der Waals surface area contributed by atoms with E-state index in [0.717, 1.165) is 23.2 Å². The molecule has 19 heavy (non-hydrogen) atoms. The lowest BCUT2D eigenvalue weighted by molar-refractivity contribution is 0.188. The first-order valence-corrected chi connectivity index (χ1v) is 7.49. The normalized spacial score (nSPS) is 21.7. The minimum absolute atomic E-state index is 0.299. The van der Waals surface area contributed by atoms with Crippen LogP contribution in [0.1, 0.15) is 32.3 Å². The average molecular weight is 322 g/mol. The van der Waals surface area contributed by atoms with E-state index in [1.54, 1.807) is 0 Å². The van der Waals surface area contributed by atoms with Crippen LogP contribution in [0.3, 0.4) is 0 Å². The molecule has 1 aromatic rings. The van der Waals surface area contributed by atoms with Crippen LogP contribution in [0.4, 0.5) is 5.69 Å². The number of rotatable bonds is 3. The van der Waals surface area contributed by atoms with Crippen LogP contribution >= 0.6 is 15.9 Å². The van der Waals surface area contributed by atoms with Crippen LogP contribution in [-0.2, 0) is 0 Å². The van der Waals surface area contributed by atoms with Crippen molar-refractivity contribution in [2.24, 2.45) is 5.41 Å². The van der Waals surface area contributed by atoms with E-state index in [0.29, 0.717) is 17.0 Å². The van der Waals surface area contributed by atoms with Gasteiger partial charge in [-0.15, -0.1) is 0 Å². The molecule has 1 aliphatic rings. The second-order valence-corrected chi connectivity index (χ2v) is 6.70. The summed E-state index contributed by atoms with van der Waals surface area (Å²) in [7, 11) is 0. The van der Waals surface area contributed by atoms with Crippen molar-refractivity contribution in [1.82, 2.24) is 5.32 Å². The van der Waals surface area contributed by atoms with Crippen LogP contribution in [-0.4, -0.2) is 19.1 Å². The van der Waals surface area contributed by atoms with E-state index < -0.39 is 0 Å². The van der Waals surface area contributed by atoms with E-state index in [1.165, 1.54) is 12.8 Å². The van der Waals surface area contributed by atoms with Crippen molar-refractivity contribution < 1.29 is 0 Å². The molecule has 1 atom stereocenters. The lowest BCUT2D eigenvalue weighted by Crippen LogP contribution is -2.50. The zero-order valence-corrected chi connectivity index (χ0v) is 13.0. The third-order valence-corrected chi connectivity index (χ3v) is 4.42. The van der Waals surface area contributed by atoms with Gasteiger partial charge in [0.2, 0.25) is 0 Å². The maximum atomic E-state index is 9.16. The first-order valence-electron chi connectivity index (χ1n) is 6.70. The monoisotopic (exact) mass is 321 g/mol. The van der Waals surface area contributed by atoms with Gasteiger partial charge in [0.15, 0.2) is 0 Å². The Kier molecular flexibility index (Phi) is 4.49. The Morgan fingerprint density at radius 3 is 3.00 bits per heavy atom. The molecular formula is C15H20BrN3. The molecule has 0 spiro atoms. The molecule has 0 saturated carbocycles. The summed E-state index contributed by atoms with van der Waals surface area (Å²) in [5, 5.41) is 16.1. The van der Waals surface area contributed by atoms with Gasteiger partial charge in [-0.2, -0.15) is 5.26 Å². The molecule has 1 fully saturated rings. The van der Waals surface area contributed by atoms with E-state index in [2.05, 4.69) is 46.5 Å². The molecule has 0 bridgehead atoms. The highest BCUT2D eigenvalue weighted by Gasteiger charge is 2.31. The zero-order valence-electron chi connectivity index (χ0n) is 11.5. The third-order valence-electron chi connectivity index (χ3n) is 3.93. The molecule has 0 radical (unpaired) electrons. The molecule has 1 aliphatic heterocycles. The summed E-state index contributed by atoms with van der Waals surface area (Å²) < 4.78 is 0.936. The molecule has 1 saturated heterocycles. The fourth-order valence-electron chi connectivity index (χ4n) is 2.59. The van der Waals surface area contributed by atoms with Crippen LogP contribution < -0.4 is 10.6 Å². The van der Waals surface area contributed by atoms with Crippen LogP contribution in [0, 0.1) is 16.7 Å². The predicted molar refractivity (Wildman–Crippen MR) is 82.2 cm³/mol. The standard InChI is InChI=1S/C15H20BrN3/c1-15(2)6-3-7-18-14(15)10-19-13-5-4-12(16)8-11(13)9-17/h4-5,8,14,18-19H,3,6-7,10H2,1-2H3. The minimum atomic E-state index is 0.299. The fraction of sp³-hybridized carbons (Fsp3) is 0.533. The molecule has 0 aliphatic carbocycles. The number of nitrogens with one attached hydrogen (secondary N) is 2. The average Bonchev–Trinajstić information content (AvgIpc) is 2.38. The summed E-state index contributed by atoms with van der Waals surface area (Å²) in [6.07, 6.45) is 2.49. The van der Waals surface area contributed by atoms with Crippen molar-refractivity contribution in [2.45, 2.75) is 32.7 Å². The van der Waals surface area contributed by atoms with E-state index in [-0.39, 0.29) is 0 Å². The highest BCUT2D eigenvalue weighted by molar-refractivity contribution is 9.10. The van der Waals surface area contributed by atoms with Gasteiger partial charge in [0.1, 0.15) is 6.07 Å². The number of halogens is 1. The summed E-state index contributed by atoms with van der Waals surface area (Å²) in [6, 6.07) is 8.44. The van der Waals surface area contributed by atoms with Gasteiger partial charge in [0.05, 0.1) is 11.3 Å². The second-order valence-electron chi connectivity index (χ2n) is 5.78. The van der Waals surface area contributed by atoms with Crippen molar-refractivity contribution >= 4 is 21.6 Å². The maximum Gasteiger partial charge on any atom is 0.101 e. The number of hydrogen-bond acceptors (Lipinski definition) is 3. The number of hydrogen-bond donors (Lipinski definition) is 2. The summed E-state index contributed by atoms with van der Waals surface area (Å²) in [6.45, 7) is 6.54. The van der Waals surface area contributed by atoms with Crippen molar-refractivity contribution in [3.8, 4) is 6.07 Å². The molecule has 1 aromatic carbocycles. The Morgan fingerprint density at radius 1 is 1.53 bits per heavy atom. The molecule has 2 N–H and O–H groups in total. The van der Waals surface area contributed by atoms with Gasteiger partial charge >= 0.3 is 0 Å². The van der Waals surface area contributed by atoms with Crippen molar-refractivity contribution in [3.05, 3.63) is 28.2 Å². The van der Waals surface area contributed by atoms with Gasteiger partial charge < -0.3 is 10.6 Å². The van der Waals surface area contributed by atoms with Crippen LogP contribution in [0.2, 0.25) is 0 Å². The highest BCUT2D eigenvalue weighted by atomic mass is 79.9. The quantitative estimate of drug-likeness (QED) is 0.895. The second kappa shape index (κ2) is 5.94. The van der Waals surface area contributed by atoms with Gasteiger partial charge in [0, 0.05) is 17.1 Å². The Balaban J connectivity index is 2.04. The Bertz CT molecular complexity index is 491. The number of nitriles is 1. The van der Waals surface area contributed by atoms with Gasteiger partial charge in [0.25, 0.3) is 0 Å². The lowest BCUT2D eigenvalue weighted by Gasteiger charge is -2.39. The fourth-order valence-corrected chi connectivity index (χ4v) is 2.96. The largest absolute Gasteiger partial charge is 0.382 e. The van der Waals surface area contributed by atoms with Crippen molar-refractivity contribution in [3.63, 3.8) is 0 Å². The van der Waals surface area contributed by atoms with Gasteiger partial charge in [-0.1, -0.05) is 29.8 Å². The number of benzene rings is 1. The van der Waals surface area contributed by atoms with Crippen molar-refractivity contribution in [2.75, 3.05) is 18.4 Å². The first-order chi connectivity index (χ1) is 9.03. The van der Waals surface area contributed by atoms with Crippen molar-refractivity contribution in [1.29, 1.82) is 5.26 Å². The molecule has 1 unspecified atom stereocenters. The lowest BCUT2D eigenvalue weighted by atomic mass is 9.77. The van der Waals surface area contributed by atoms with E-state index in [9.17, 15) is 0 Å². The van der Waals surface area contributed by atoms with Crippen LogP contribution in [0.5, 0.6) is 0 Å². The maximum absolute atomic E-state index is 9.16. The summed E-state index contributed by atoms with van der Waals surface area (Å²) in [5.41, 5.74) is 1.89. The topological polar surface area (TPSA) is 47.8 Å². The molecule has 0 amide bonds. The minimum Gasteiger partial charge on any atom is -0.382 e. The molecular weight excluding hydrogens is 302 g/mol. The number of anilines is 1. The van der Waals surface area contributed by atoms with Crippen LogP contribution in [0.25, 0.3) is 0 Å². The predicted octanol–water partition coefficient (Wildman–Crippen LogP) is 3.51. The third kappa shape index (κ3) is 3.49. The Morgan fingerprint density at radius 2 is 2.32 bits per heavy atom. The Hall–Kier alpha value is -1.05. The van der Waals surface area contributed by atoms with Gasteiger partial charge in [-0.3, -0.25) is 0 Å². The highest BCUT2D eigenvalue weighted by Crippen LogP contribution is 2.30. The molecule has 4 heteroatoms. The smallest absolute Gasteiger partial charge is 0.101 e. The first kappa shape index (κ1) is 14.4. The summed E-state index contributed by atoms with van der Waals surface area (Å²) in [4.78, 5) is 0. The number of nitrogens with zero attached hydrogens (tertiary/aromatic N) is 1. The Labute approximate surface area is 123 Å². The van der Waals surface area contributed by atoms with E-state index in [1.807, 2.05) is 18.2 Å². The number of piperidine rings is 1. The summed E-state index contributed by atoms with van der Waals surface area (Å²) >= 11 is 3.39. The van der Waals surface area contributed by atoms with E-state index in [4.69, 9.17) is 5.26 Å². The van der Waals surface area contributed by atoms with Crippen LogP contribution in [0.15, 0.2) is 22.7 Å². The van der Waals surface area contributed by atoms with Gasteiger partial charge in [-0.25, -0.2) is 0 Å². The summed E-state index contributed by atoms with van der Waals surface area (Å²) in [5.74, 6) is 0. The zero-order chi connectivity index (χ0) is 13.9. The molecule has 3 nitrogen and oxygen atoms in total. The van der Waals surface area contributed by atoms with Gasteiger partial charge in [-0.05, 0) is 43.0 Å². The molecule has 1 heterocycles. The molecule has 102 valence electrons. The molecule has 0 aromatic heterocycles. The SMILES string of the molecule is CC1(C)CCCNC1CNc1ccc(Br)cc1C#N. The molecule has 2 rings (SSSR count).